The number of benzene rings is 1. The van der Waals surface area contributed by atoms with Crippen LogP contribution in [0, 0.1) is 0 Å². The van der Waals surface area contributed by atoms with E-state index in [1.165, 1.54) is 0 Å². The lowest BCUT2D eigenvalue weighted by Crippen LogP contribution is -2.39. The summed E-state index contributed by atoms with van der Waals surface area (Å²) in [4.78, 5) is 13.9. The van der Waals surface area contributed by atoms with Crippen molar-refractivity contribution in [3.8, 4) is 11.5 Å². The zero-order valence-corrected chi connectivity index (χ0v) is 14.4. The molecule has 2 amide bonds. The van der Waals surface area contributed by atoms with Crippen molar-refractivity contribution in [3.05, 3.63) is 24.3 Å². The largest absolute Gasteiger partial charge is 0.494 e. The summed E-state index contributed by atoms with van der Waals surface area (Å²) in [7, 11) is 0. The molecule has 1 aromatic carbocycles. The van der Waals surface area contributed by atoms with Crippen LogP contribution in [0.15, 0.2) is 24.3 Å². The van der Waals surface area contributed by atoms with E-state index >= 15 is 0 Å². The van der Waals surface area contributed by atoms with Gasteiger partial charge in [0.05, 0.1) is 6.61 Å². The smallest absolute Gasteiger partial charge is 0.317 e. The van der Waals surface area contributed by atoms with E-state index in [1.54, 1.807) is 0 Å². The summed E-state index contributed by atoms with van der Waals surface area (Å²) >= 11 is 0. The van der Waals surface area contributed by atoms with Gasteiger partial charge in [-0.05, 0) is 57.2 Å². The van der Waals surface area contributed by atoms with E-state index in [1.807, 2.05) is 31.2 Å². The minimum absolute atomic E-state index is 0.135. The highest BCUT2D eigenvalue weighted by molar-refractivity contribution is 5.73. The molecular formula is C17H29N3O3. The number of ether oxygens (including phenoxy) is 2. The van der Waals surface area contributed by atoms with Crippen LogP contribution in [-0.2, 0) is 0 Å². The molecule has 6 nitrogen and oxygen atoms in total. The summed E-state index contributed by atoms with van der Waals surface area (Å²) in [5.41, 5.74) is 0. The Morgan fingerprint density at radius 3 is 2.17 bits per heavy atom. The van der Waals surface area contributed by atoms with Crippen LogP contribution in [0.1, 0.15) is 27.2 Å². The van der Waals surface area contributed by atoms with E-state index in [0.29, 0.717) is 18.9 Å². The first kappa shape index (κ1) is 19.1. The van der Waals surface area contributed by atoms with Gasteiger partial charge in [0.25, 0.3) is 0 Å². The summed E-state index contributed by atoms with van der Waals surface area (Å²) in [6.45, 7) is 10.7. The molecule has 130 valence electrons. The number of carbonyl (C=O) groups is 1. The van der Waals surface area contributed by atoms with Gasteiger partial charge in [0.15, 0.2) is 6.73 Å². The molecule has 0 aliphatic carbocycles. The number of rotatable bonds is 11. The minimum Gasteiger partial charge on any atom is -0.494 e. The third-order valence-electron chi connectivity index (χ3n) is 3.44. The number of carbonyl (C=O) groups excluding carboxylic acids is 1. The van der Waals surface area contributed by atoms with Gasteiger partial charge >= 0.3 is 6.03 Å². The van der Waals surface area contributed by atoms with E-state index in [4.69, 9.17) is 9.47 Å². The SMILES string of the molecule is CCOc1ccc(OCNC(=O)NCCCN(CC)CC)cc1. The fraction of sp³-hybridized carbons (Fsp3) is 0.588. The molecule has 1 rings (SSSR count). The van der Waals surface area contributed by atoms with Gasteiger partial charge in [-0.15, -0.1) is 0 Å². The first-order valence-electron chi connectivity index (χ1n) is 8.29. The molecule has 0 aromatic heterocycles. The van der Waals surface area contributed by atoms with Gasteiger partial charge in [0.2, 0.25) is 0 Å². The molecule has 0 aliphatic heterocycles. The number of nitrogens with zero attached hydrogens (tertiary/aromatic N) is 1. The van der Waals surface area contributed by atoms with E-state index in [0.717, 1.165) is 31.8 Å². The highest BCUT2D eigenvalue weighted by Crippen LogP contribution is 2.17. The average Bonchev–Trinajstić information content (AvgIpc) is 2.57. The lowest BCUT2D eigenvalue weighted by molar-refractivity contribution is 0.222. The fourth-order valence-corrected chi connectivity index (χ4v) is 2.09. The molecular weight excluding hydrogens is 294 g/mol. The number of urea groups is 1. The van der Waals surface area contributed by atoms with Crippen LogP contribution in [0.5, 0.6) is 11.5 Å². The first-order chi connectivity index (χ1) is 11.2. The maximum atomic E-state index is 11.6. The Morgan fingerprint density at radius 1 is 1.00 bits per heavy atom. The van der Waals surface area contributed by atoms with Gasteiger partial charge in [0, 0.05) is 6.54 Å². The molecule has 0 unspecified atom stereocenters. The second-order valence-electron chi connectivity index (χ2n) is 5.01. The van der Waals surface area contributed by atoms with Crippen molar-refractivity contribution in [2.45, 2.75) is 27.2 Å². The molecule has 23 heavy (non-hydrogen) atoms. The van der Waals surface area contributed by atoms with Crippen molar-refractivity contribution < 1.29 is 14.3 Å². The maximum Gasteiger partial charge on any atom is 0.317 e. The van der Waals surface area contributed by atoms with Crippen molar-refractivity contribution in [2.24, 2.45) is 0 Å². The minimum atomic E-state index is -0.213. The lowest BCUT2D eigenvalue weighted by atomic mass is 10.3. The standard InChI is InChI=1S/C17H29N3O3/c1-4-20(5-2)13-7-12-18-17(21)19-14-23-16-10-8-15(9-11-16)22-6-3/h8-11H,4-7,12-14H2,1-3H3,(H2,18,19,21). The van der Waals surface area contributed by atoms with Gasteiger partial charge < -0.3 is 25.0 Å². The number of hydrogen-bond acceptors (Lipinski definition) is 4. The Hall–Kier alpha value is -1.95. The van der Waals surface area contributed by atoms with Gasteiger partial charge in [-0.2, -0.15) is 0 Å². The van der Waals surface area contributed by atoms with E-state index in [2.05, 4.69) is 29.4 Å². The molecule has 0 heterocycles. The zero-order chi connectivity index (χ0) is 16.9. The summed E-state index contributed by atoms with van der Waals surface area (Å²) in [6.07, 6.45) is 0.939. The first-order valence-corrected chi connectivity index (χ1v) is 8.29. The Bertz CT molecular complexity index is 433. The van der Waals surface area contributed by atoms with Crippen molar-refractivity contribution in [1.82, 2.24) is 15.5 Å². The molecule has 0 fully saturated rings. The second kappa shape index (κ2) is 11.6. The topological polar surface area (TPSA) is 62.8 Å². The van der Waals surface area contributed by atoms with E-state index in [-0.39, 0.29) is 12.8 Å². The fourth-order valence-electron chi connectivity index (χ4n) is 2.09. The highest BCUT2D eigenvalue weighted by Gasteiger charge is 2.02. The second-order valence-corrected chi connectivity index (χ2v) is 5.01. The Morgan fingerprint density at radius 2 is 1.61 bits per heavy atom. The third-order valence-corrected chi connectivity index (χ3v) is 3.44. The predicted molar refractivity (Wildman–Crippen MR) is 92.0 cm³/mol. The summed E-state index contributed by atoms with van der Waals surface area (Å²) in [5, 5.41) is 5.49. The Balaban J connectivity index is 2.11. The predicted octanol–water partition coefficient (Wildman–Crippen LogP) is 2.45. The van der Waals surface area contributed by atoms with Gasteiger partial charge in [-0.1, -0.05) is 13.8 Å². The lowest BCUT2D eigenvalue weighted by Gasteiger charge is -2.17. The van der Waals surface area contributed by atoms with Crippen LogP contribution < -0.4 is 20.1 Å². The van der Waals surface area contributed by atoms with Crippen LogP contribution in [0.2, 0.25) is 0 Å². The monoisotopic (exact) mass is 323 g/mol. The van der Waals surface area contributed by atoms with Crippen LogP contribution in [0.3, 0.4) is 0 Å². The molecule has 1 aromatic rings. The van der Waals surface area contributed by atoms with E-state index < -0.39 is 0 Å². The molecule has 0 spiro atoms. The molecule has 0 atom stereocenters. The summed E-state index contributed by atoms with van der Waals surface area (Å²) in [5.74, 6) is 1.49. The van der Waals surface area contributed by atoms with Crippen LogP contribution in [-0.4, -0.2) is 50.4 Å². The maximum absolute atomic E-state index is 11.6. The van der Waals surface area contributed by atoms with Crippen LogP contribution in [0.25, 0.3) is 0 Å². The van der Waals surface area contributed by atoms with Gasteiger partial charge in [-0.3, -0.25) is 0 Å². The number of hydrogen-bond donors (Lipinski definition) is 2. The van der Waals surface area contributed by atoms with Crippen molar-refractivity contribution in [1.29, 1.82) is 0 Å². The number of amides is 2. The molecule has 0 saturated carbocycles. The van der Waals surface area contributed by atoms with Crippen molar-refractivity contribution in [2.75, 3.05) is 39.5 Å². The van der Waals surface area contributed by atoms with Crippen molar-refractivity contribution in [3.63, 3.8) is 0 Å². The van der Waals surface area contributed by atoms with Crippen LogP contribution in [0.4, 0.5) is 4.79 Å². The zero-order valence-electron chi connectivity index (χ0n) is 14.4. The third kappa shape index (κ3) is 8.30. The highest BCUT2D eigenvalue weighted by atomic mass is 16.5. The van der Waals surface area contributed by atoms with E-state index in [9.17, 15) is 4.79 Å². The molecule has 6 heteroatoms. The number of nitrogens with one attached hydrogen (secondary N) is 2. The van der Waals surface area contributed by atoms with Crippen LogP contribution >= 0.6 is 0 Å². The van der Waals surface area contributed by atoms with Gasteiger partial charge in [-0.25, -0.2) is 4.79 Å². The molecule has 0 aliphatic rings. The molecule has 0 radical (unpaired) electrons. The summed E-state index contributed by atoms with van der Waals surface area (Å²) < 4.78 is 10.8. The molecule has 0 bridgehead atoms. The van der Waals surface area contributed by atoms with Gasteiger partial charge in [0.1, 0.15) is 11.5 Å². The molecule has 0 saturated heterocycles. The molecule has 2 N–H and O–H groups in total. The van der Waals surface area contributed by atoms with Crippen molar-refractivity contribution >= 4 is 6.03 Å². The average molecular weight is 323 g/mol. The Kier molecular flexibility index (Phi) is 9.63. The normalized spacial score (nSPS) is 10.4. The summed E-state index contributed by atoms with van der Waals surface area (Å²) in [6, 6.07) is 7.09. The quantitative estimate of drug-likeness (QED) is 0.485. The Labute approximate surface area is 139 Å².